The SMILES string of the molecule is CC(C)NC(=O)c1cccc2c1NC(c1cc(Br)ccc1O)C1CC=CC21. The van der Waals surface area contributed by atoms with Crippen molar-refractivity contribution in [2.24, 2.45) is 5.92 Å². The highest BCUT2D eigenvalue weighted by atomic mass is 79.9. The van der Waals surface area contributed by atoms with Crippen LogP contribution in [0.5, 0.6) is 5.75 Å². The van der Waals surface area contributed by atoms with Gasteiger partial charge in [-0.25, -0.2) is 0 Å². The minimum atomic E-state index is -0.0769. The van der Waals surface area contributed by atoms with Crippen molar-refractivity contribution in [3.8, 4) is 5.75 Å². The zero-order valence-electron chi connectivity index (χ0n) is 15.4. The van der Waals surface area contributed by atoms with Crippen LogP contribution in [-0.4, -0.2) is 17.1 Å². The van der Waals surface area contributed by atoms with Crippen LogP contribution in [0.1, 0.15) is 53.7 Å². The molecule has 27 heavy (non-hydrogen) atoms. The predicted molar refractivity (Wildman–Crippen MR) is 111 cm³/mol. The molecule has 140 valence electrons. The quantitative estimate of drug-likeness (QED) is 0.596. The van der Waals surface area contributed by atoms with Gasteiger partial charge in [0, 0.05) is 22.0 Å². The molecule has 2 aliphatic rings. The van der Waals surface area contributed by atoms with Crippen LogP contribution < -0.4 is 10.6 Å². The average molecular weight is 427 g/mol. The minimum Gasteiger partial charge on any atom is -0.508 e. The van der Waals surface area contributed by atoms with Crippen LogP contribution in [-0.2, 0) is 0 Å². The number of carbonyl (C=O) groups is 1. The number of halogens is 1. The number of hydrogen-bond acceptors (Lipinski definition) is 3. The van der Waals surface area contributed by atoms with Crippen LogP contribution in [0.15, 0.2) is 53.0 Å². The highest BCUT2D eigenvalue weighted by Crippen LogP contribution is 2.52. The van der Waals surface area contributed by atoms with Gasteiger partial charge in [0.1, 0.15) is 5.75 Å². The fraction of sp³-hybridized carbons (Fsp3) is 0.318. The molecule has 4 rings (SSSR count). The van der Waals surface area contributed by atoms with Crippen molar-refractivity contribution in [3.63, 3.8) is 0 Å². The molecule has 0 saturated heterocycles. The number of phenolic OH excluding ortho intramolecular Hbond substituents is 1. The van der Waals surface area contributed by atoms with Crippen molar-refractivity contribution in [2.75, 3.05) is 5.32 Å². The number of anilines is 1. The smallest absolute Gasteiger partial charge is 0.253 e. The number of amides is 1. The number of nitrogens with one attached hydrogen (secondary N) is 2. The first-order valence-electron chi connectivity index (χ1n) is 9.31. The first-order chi connectivity index (χ1) is 13.0. The summed E-state index contributed by atoms with van der Waals surface area (Å²) in [5.74, 6) is 0.735. The first kappa shape index (κ1) is 18.1. The Morgan fingerprint density at radius 2 is 2.07 bits per heavy atom. The Bertz CT molecular complexity index is 923. The van der Waals surface area contributed by atoms with Gasteiger partial charge < -0.3 is 15.7 Å². The van der Waals surface area contributed by atoms with E-state index in [1.165, 1.54) is 0 Å². The van der Waals surface area contributed by atoms with Crippen molar-refractivity contribution in [2.45, 2.75) is 38.3 Å². The summed E-state index contributed by atoms with van der Waals surface area (Å²) in [4.78, 5) is 12.8. The van der Waals surface area contributed by atoms with Gasteiger partial charge in [0.05, 0.1) is 17.3 Å². The monoisotopic (exact) mass is 426 g/mol. The maximum absolute atomic E-state index is 12.8. The van der Waals surface area contributed by atoms with Crippen LogP contribution in [0.3, 0.4) is 0 Å². The molecule has 2 aromatic carbocycles. The lowest BCUT2D eigenvalue weighted by Gasteiger charge is -2.38. The highest BCUT2D eigenvalue weighted by molar-refractivity contribution is 9.10. The summed E-state index contributed by atoms with van der Waals surface area (Å²) in [6.45, 7) is 3.91. The molecule has 0 saturated carbocycles. The second kappa shape index (κ2) is 7.04. The number of para-hydroxylation sites is 1. The van der Waals surface area contributed by atoms with Gasteiger partial charge in [0.25, 0.3) is 5.91 Å². The van der Waals surface area contributed by atoms with E-state index < -0.39 is 0 Å². The molecule has 3 unspecified atom stereocenters. The maximum Gasteiger partial charge on any atom is 0.253 e. The Morgan fingerprint density at radius 3 is 2.85 bits per heavy atom. The summed E-state index contributed by atoms with van der Waals surface area (Å²) >= 11 is 3.51. The van der Waals surface area contributed by atoms with E-state index in [0.29, 0.717) is 11.5 Å². The second-order valence-corrected chi connectivity index (χ2v) is 8.49. The Labute approximate surface area is 167 Å². The number of allylic oxidation sites excluding steroid dienone is 2. The molecule has 3 atom stereocenters. The van der Waals surface area contributed by atoms with E-state index in [4.69, 9.17) is 0 Å². The third-order valence-electron chi connectivity index (χ3n) is 5.39. The number of carbonyl (C=O) groups excluding carboxylic acids is 1. The van der Waals surface area contributed by atoms with Gasteiger partial charge in [0.15, 0.2) is 0 Å². The fourth-order valence-electron chi connectivity index (χ4n) is 4.23. The van der Waals surface area contributed by atoms with E-state index in [1.807, 2.05) is 38.1 Å². The van der Waals surface area contributed by atoms with E-state index in [-0.39, 0.29) is 29.7 Å². The maximum atomic E-state index is 12.8. The van der Waals surface area contributed by atoms with Gasteiger partial charge in [-0.2, -0.15) is 0 Å². The molecule has 1 amide bonds. The standard InChI is InChI=1S/C22H23BrN2O2/c1-12(2)24-22(27)17-8-4-7-15-14-5-3-6-16(14)21(25-20(15)17)18-11-13(23)9-10-19(18)26/h3-5,7-12,14,16,21,25-26H,6H2,1-2H3,(H,24,27). The van der Waals surface area contributed by atoms with Crippen molar-refractivity contribution in [1.29, 1.82) is 0 Å². The lowest BCUT2D eigenvalue weighted by molar-refractivity contribution is 0.0943. The van der Waals surface area contributed by atoms with Gasteiger partial charge >= 0.3 is 0 Å². The van der Waals surface area contributed by atoms with Crippen molar-refractivity contribution >= 4 is 27.5 Å². The zero-order valence-corrected chi connectivity index (χ0v) is 17.0. The zero-order chi connectivity index (χ0) is 19.1. The summed E-state index contributed by atoms with van der Waals surface area (Å²) in [5.41, 5.74) is 3.52. The normalized spacial score (nSPS) is 22.9. The Balaban J connectivity index is 1.81. The second-order valence-electron chi connectivity index (χ2n) is 7.58. The molecule has 0 fully saturated rings. The molecule has 0 aromatic heterocycles. The lowest BCUT2D eigenvalue weighted by Crippen LogP contribution is -2.34. The van der Waals surface area contributed by atoms with E-state index in [1.54, 1.807) is 6.07 Å². The Morgan fingerprint density at radius 1 is 1.26 bits per heavy atom. The molecule has 1 aliphatic heterocycles. The third-order valence-corrected chi connectivity index (χ3v) is 5.88. The van der Waals surface area contributed by atoms with Crippen molar-refractivity contribution in [1.82, 2.24) is 5.32 Å². The molecule has 0 spiro atoms. The molecular weight excluding hydrogens is 404 g/mol. The largest absolute Gasteiger partial charge is 0.508 e. The number of phenols is 1. The number of hydrogen-bond donors (Lipinski definition) is 3. The number of rotatable bonds is 3. The highest BCUT2D eigenvalue weighted by Gasteiger charge is 2.40. The van der Waals surface area contributed by atoms with Crippen molar-refractivity contribution < 1.29 is 9.90 Å². The molecule has 4 nitrogen and oxygen atoms in total. The first-order valence-corrected chi connectivity index (χ1v) is 10.1. The van der Waals surface area contributed by atoms with E-state index in [2.05, 4.69) is 44.8 Å². The molecule has 0 bridgehead atoms. The summed E-state index contributed by atoms with van der Waals surface area (Å²) in [6, 6.07) is 11.4. The van der Waals surface area contributed by atoms with Gasteiger partial charge in [-0.15, -0.1) is 0 Å². The molecule has 0 radical (unpaired) electrons. The molecular formula is C22H23BrN2O2. The Hall–Kier alpha value is -2.27. The Kier molecular flexibility index (Phi) is 4.72. The number of benzene rings is 2. The van der Waals surface area contributed by atoms with Crippen LogP contribution >= 0.6 is 15.9 Å². The molecule has 5 heteroatoms. The van der Waals surface area contributed by atoms with E-state index >= 15 is 0 Å². The van der Waals surface area contributed by atoms with Gasteiger partial charge in [-0.05, 0) is 56.0 Å². The number of aromatic hydroxyl groups is 1. The third kappa shape index (κ3) is 3.25. The summed E-state index contributed by atoms with van der Waals surface area (Å²) in [7, 11) is 0. The molecule has 3 N–H and O–H groups in total. The van der Waals surface area contributed by atoms with Gasteiger partial charge in [-0.1, -0.05) is 40.2 Å². The van der Waals surface area contributed by atoms with E-state index in [9.17, 15) is 9.90 Å². The fourth-order valence-corrected chi connectivity index (χ4v) is 4.61. The predicted octanol–water partition coefficient (Wildman–Crippen LogP) is 5.12. The lowest BCUT2D eigenvalue weighted by atomic mass is 9.76. The van der Waals surface area contributed by atoms with Crippen LogP contribution in [0.2, 0.25) is 0 Å². The number of fused-ring (bicyclic) bond motifs is 3. The minimum absolute atomic E-state index is 0.0667. The van der Waals surface area contributed by atoms with Gasteiger partial charge in [-0.3, -0.25) is 4.79 Å². The molecule has 2 aromatic rings. The molecule has 1 heterocycles. The summed E-state index contributed by atoms with van der Waals surface area (Å²) < 4.78 is 0.927. The topological polar surface area (TPSA) is 61.4 Å². The van der Waals surface area contributed by atoms with Crippen molar-refractivity contribution in [3.05, 3.63) is 69.7 Å². The summed E-state index contributed by atoms with van der Waals surface area (Å²) in [5, 5.41) is 17.1. The van der Waals surface area contributed by atoms with Crippen LogP contribution in [0.4, 0.5) is 5.69 Å². The van der Waals surface area contributed by atoms with E-state index in [0.717, 1.165) is 27.7 Å². The summed E-state index contributed by atoms with van der Waals surface area (Å²) in [6.07, 6.45) is 5.38. The molecule has 1 aliphatic carbocycles. The van der Waals surface area contributed by atoms with Crippen LogP contribution in [0, 0.1) is 5.92 Å². The van der Waals surface area contributed by atoms with Crippen LogP contribution in [0.25, 0.3) is 0 Å². The van der Waals surface area contributed by atoms with Gasteiger partial charge in [0.2, 0.25) is 0 Å². The average Bonchev–Trinajstić information content (AvgIpc) is 3.12.